The highest BCUT2D eigenvalue weighted by molar-refractivity contribution is 6.30. The van der Waals surface area contributed by atoms with Gasteiger partial charge in [0.2, 0.25) is 0 Å². The molecule has 0 unspecified atom stereocenters. The Morgan fingerprint density at radius 3 is 2.72 bits per heavy atom. The van der Waals surface area contributed by atoms with Crippen molar-refractivity contribution >= 4 is 23.7 Å². The Labute approximate surface area is 153 Å². The van der Waals surface area contributed by atoms with E-state index in [-0.39, 0.29) is 12.5 Å². The molecular formula is C20H23ClN2O2. The van der Waals surface area contributed by atoms with E-state index in [1.807, 2.05) is 36.4 Å². The molecule has 0 bridgehead atoms. The Morgan fingerprint density at radius 2 is 2.00 bits per heavy atom. The van der Waals surface area contributed by atoms with Crippen molar-refractivity contribution in [3.63, 3.8) is 0 Å². The molecular weight excluding hydrogens is 336 g/mol. The number of carbonyl (C=O) groups excluding carboxylic acids is 1. The van der Waals surface area contributed by atoms with Gasteiger partial charge in [-0.05, 0) is 48.2 Å². The lowest BCUT2D eigenvalue weighted by molar-refractivity contribution is -0.123. The van der Waals surface area contributed by atoms with E-state index in [9.17, 15) is 4.79 Å². The second-order valence-corrected chi connectivity index (χ2v) is 6.17. The molecule has 0 heterocycles. The SMILES string of the molecule is CCCCCc1ccc(OCC(=O)N/N=C\c2cccc(Cl)c2)cc1. The van der Waals surface area contributed by atoms with Gasteiger partial charge in [0.05, 0.1) is 6.21 Å². The highest BCUT2D eigenvalue weighted by Crippen LogP contribution is 2.14. The first-order valence-electron chi connectivity index (χ1n) is 8.46. The number of halogens is 1. The number of hydrogen-bond donors (Lipinski definition) is 1. The van der Waals surface area contributed by atoms with Crippen LogP contribution in [0.15, 0.2) is 53.6 Å². The zero-order chi connectivity index (χ0) is 17.9. The molecule has 0 saturated heterocycles. The van der Waals surface area contributed by atoms with Crippen molar-refractivity contribution in [3.8, 4) is 5.75 Å². The number of hydrogen-bond acceptors (Lipinski definition) is 3. The predicted octanol–water partition coefficient (Wildman–Crippen LogP) is 4.60. The number of benzene rings is 2. The lowest BCUT2D eigenvalue weighted by Crippen LogP contribution is -2.24. The summed E-state index contributed by atoms with van der Waals surface area (Å²) in [6.07, 6.45) is 6.27. The summed E-state index contributed by atoms with van der Waals surface area (Å²) in [6, 6.07) is 15.1. The van der Waals surface area contributed by atoms with Crippen molar-refractivity contribution in [2.24, 2.45) is 5.10 Å². The Hall–Kier alpha value is -2.33. The smallest absolute Gasteiger partial charge is 0.277 e. The number of nitrogens with one attached hydrogen (secondary N) is 1. The maximum absolute atomic E-state index is 11.7. The van der Waals surface area contributed by atoms with Crippen LogP contribution in [0.2, 0.25) is 5.02 Å². The maximum Gasteiger partial charge on any atom is 0.277 e. The van der Waals surface area contributed by atoms with Gasteiger partial charge in [-0.2, -0.15) is 5.10 Å². The maximum atomic E-state index is 11.7. The van der Waals surface area contributed by atoms with Gasteiger partial charge in [-0.3, -0.25) is 4.79 Å². The van der Waals surface area contributed by atoms with Crippen LogP contribution in [-0.2, 0) is 11.2 Å². The van der Waals surface area contributed by atoms with Crippen LogP contribution in [0.3, 0.4) is 0 Å². The van der Waals surface area contributed by atoms with Crippen molar-refractivity contribution in [3.05, 3.63) is 64.7 Å². The third-order valence-electron chi connectivity index (χ3n) is 3.61. The lowest BCUT2D eigenvalue weighted by atomic mass is 10.1. The minimum atomic E-state index is -0.315. The number of rotatable bonds is 9. The molecule has 0 atom stereocenters. The molecule has 0 fully saturated rings. The second kappa shape index (κ2) is 10.5. The molecule has 5 heteroatoms. The van der Waals surface area contributed by atoms with Crippen LogP contribution >= 0.6 is 11.6 Å². The van der Waals surface area contributed by atoms with Gasteiger partial charge in [-0.1, -0.05) is 55.6 Å². The van der Waals surface area contributed by atoms with Crippen molar-refractivity contribution in [2.75, 3.05) is 6.61 Å². The van der Waals surface area contributed by atoms with Crippen LogP contribution in [0.25, 0.3) is 0 Å². The van der Waals surface area contributed by atoms with Gasteiger partial charge in [0.15, 0.2) is 6.61 Å². The van der Waals surface area contributed by atoms with Crippen molar-refractivity contribution in [1.82, 2.24) is 5.43 Å². The molecule has 0 aromatic heterocycles. The van der Waals surface area contributed by atoms with Gasteiger partial charge in [-0.25, -0.2) is 5.43 Å². The van der Waals surface area contributed by atoms with E-state index in [1.54, 1.807) is 12.1 Å². The summed E-state index contributed by atoms with van der Waals surface area (Å²) >= 11 is 5.88. The fraction of sp³-hybridized carbons (Fsp3) is 0.300. The lowest BCUT2D eigenvalue weighted by Gasteiger charge is -2.06. The standard InChI is InChI=1S/C20H23ClN2O2/c1-2-3-4-6-16-9-11-19(12-10-16)25-15-20(24)23-22-14-17-7-5-8-18(21)13-17/h5,7-14H,2-4,6,15H2,1H3,(H,23,24)/b22-14-. The van der Waals surface area contributed by atoms with Gasteiger partial charge in [0.25, 0.3) is 5.91 Å². The van der Waals surface area contributed by atoms with E-state index in [0.29, 0.717) is 10.8 Å². The average molecular weight is 359 g/mol. The Morgan fingerprint density at radius 1 is 1.20 bits per heavy atom. The molecule has 1 N–H and O–H groups in total. The fourth-order valence-corrected chi connectivity index (χ4v) is 2.48. The van der Waals surface area contributed by atoms with Crippen LogP contribution in [0.1, 0.15) is 37.3 Å². The van der Waals surface area contributed by atoms with Gasteiger partial charge in [0.1, 0.15) is 5.75 Å². The summed E-state index contributed by atoms with van der Waals surface area (Å²) in [5.41, 5.74) is 4.53. The van der Waals surface area contributed by atoms with Gasteiger partial charge in [-0.15, -0.1) is 0 Å². The Bertz CT molecular complexity index is 699. The van der Waals surface area contributed by atoms with E-state index in [2.05, 4.69) is 17.5 Å². The molecule has 1 amide bonds. The largest absolute Gasteiger partial charge is 0.484 e. The van der Waals surface area contributed by atoms with E-state index < -0.39 is 0 Å². The molecule has 2 aromatic carbocycles. The van der Waals surface area contributed by atoms with Gasteiger partial charge in [0, 0.05) is 5.02 Å². The molecule has 25 heavy (non-hydrogen) atoms. The van der Waals surface area contributed by atoms with E-state index in [1.165, 1.54) is 31.0 Å². The molecule has 2 rings (SSSR count). The molecule has 0 radical (unpaired) electrons. The summed E-state index contributed by atoms with van der Waals surface area (Å²) < 4.78 is 5.46. The van der Waals surface area contributed by atoms with Crippen LogP contribution in [0.5, 0.6) is 5.75 Å². The quantitative estimate of drug-likeness (QED) is 0.404. The zero-order valence-corrected chi connectivity index (χ0v) is 15.1. The fourth-order valence-electron chi connectivity index (χ4n) is 2.28. The number of aryl methyl sites for hydroxylation is 1. The molecule has 0 spiro atoms. The van der Waals surface area contributed by atoms with Crippen molar-refractivity contribution in [1.29, 1.82) is 0 Å². The van der Waals surface area contributed by atoms with E-state index in [4.69, 9.17) is 16.3 Å². The van der Waals surface area contributed by atoms with Crippen molar-refractivity contribution in [2.45, 2.75) is 32.6 Å². The zero-order valence-electron chi connectivity index (χ0n) is 14.4. The van der Waals surface area contributed by atoms with Gasteiger partial charge >= 0.3 is 0 Å². The van der Waals surface area contributed by atoms with Crippen LogP contribution in [-0.4, -0.2) is 18.7 Å². The molecule has 0 saturated carbocycles. The molecule has 0 aliphatic carbocycles. The number of amides is 1. The summed E-state index contributed by atoms with van der Waals surface area (Å²) in [5.74, 6) is 0.360. The summed E-state index contributed by atoms with van der Waals surface area (Å²) in [4.78, 5) is 11.7. The number of nitrogens with zero attached hydrogens (tertiary/aromatic N) is 1. The number of carbonyl (C=O) groups is 1. The van der Waals surface area contributed by atoms with Crippen LogP contribution in [0, 0.1) is 0 Å². The molecule has 2 aromatic rings. The predicted molar refractivity (Wildman–Crippen MR) is 102 cm³/mol. The molecule has 0 aliphatic rings. The molecule has 4 nitrogen and oxygen atoms in total. The van der Waals surface area contributed by atoms with E-state index in [0.717, 1.165) is 12.0 Å². The molecule has 132 valence electrons. The minimum Gasteiger partial charge on any atom is -0.484 e. The number of unbranched alkanes of at least 4 members (excludes halogenated alkanes) is 2. The van der Waals surface area contributed by atoms with Crippen molar-refractivity contribution < 1.29 is 9.53 Å². The Kier molecular flexibility index (Phi) is 7.99. The first-order valence-corrected chi connectivity index (χ1v) is 8.84. The third kappa shape index (κ3) is 7.40. The highest BCUT2D eigenvalue weighted by atomic mass is 35.5. The highest BCUT2D eigenvalue weighted by Gasteiger charge is 2.02. The van der Waals surface area contributed by atoms with Crippen LogP contribution < -0.4 is 10.2 Å². The monoisotopic (exact) mass is 358 g/mol. The summed E-state index contributed by atoms with van der Waals surface area (Å²) in [6.45, 7) is 2.11. The average Bonchev–Trinajstić information content (AvgIpc) is 2.61. The normalized spacial score (nSPS) is 10.8. The van der Waals surface area contributed by atoms with Gasteiger partial charge < -0.3 is 4.74 Å². The number of ether oxygens (including phenoxy) is 1. The molecule has 0 aliphatic heterocycles. The minimum absolute atomic E-state index is 0.0813. The second-order valence-electron chi connectivity index (χ2n) is 5.74. The topological polar surface area (TPSA) is 50.7 Å². The van der Waals surface area contributed by atoms with Crippen LogP contribution in [0.4, 0.5) is 0 Å². The summed E-state index contributed by atoms with van der Waals surface area (Å²) in [7, 11) is 0. The number of hydrazone groups is 1. The first kappa shape index (κ1) is 19.0. The third-order valence-corrected chi connectivity index (χ3v) is 3.85. The first-order chi connectivity index (χ1) is 12.2. The summed E-state index contributed by atoms with van der Waals surface area (Å²) in [5, 5.41) is 4.51. The van der Waals surface area contributed by atoms with E-state index >= 15 is 0 Å². The Balaban J connectivity index is 1.72.